The van der Waals surface area contributed by atoms with E-state index in [4.69, 9.17) is 5.73 Å². The highest BCUT2D eigenvalue weighted by atomic mass is 19.4. The van der Waals surface area contributed by atoms with Gasteiger partial charge in [0.05, 0.1) is 5.56 Å². The van der Waals surface area contributed by atoms with Crippen molar-refractivity contribution in [1.82, 2.24) is 10.3 Å². The molecule has 0 aliphatic rings. The smallest absolute Gasteiger partial charge is 0.379 e. The Morgan fingerprint density at radius 3 is 2.60 bits per heavy atom. The quantitative estimate of drug-likeness (QED) is 0.882. The summed E-state index contributed by atoms with van der Waals surface area (Å²) < 4.78 is 42.1. The van der Waals surface area contributed by atoms with Crippen molar-refractivity contribution in [1.29, 1.82) is 0 Å². The van der Waals surface area contributed by atoms with E-state index < -0.39 is 17.6 Å². The Labute approximate surface area is 110 Å². The van der Waals surface area contributed by atoms with Crippen molar-refractivity contribution in [2.24, 2.45) is 0 Å². The van der Waals surface area contributed by atoms with Crippen LogP contribution in [0.4, 0.5) is 24.7 Å². The van der Waals surface area contributed by atoms with Crippen molar-refractivity contribution in [3.8, 4) is 0 Å². The van der Waals surface area contributed by atoms with E-state index in [1.165, 1.54) is 6.07 Å². The summed E-state index contributed by atoms with van der Waals surface area (Å²) in [4.78, 5) is 11.8. The summed E-state index contributed by atoms with van der Waals surface area (Å²) in [6, 6.07) is 3.01. The summed E-state index contributed by atoms with van der Waals surface area (Å²) in [6.45, 7) is 1.56. The van der Waals surface area contributed by atoms with Crippen LogP contribution in [0.15, 0.2) is 22.8 Å². The first-order valence-electron chi connectivity index (χ1n) is 5.36. The number of nitrogens with one attached hydrogen (secondary N) is 1. The van der Waals surface area contributed by atoms with Gasteiger partial charge in [-0.15, -0.1) is 0 Å². The fourth-order valence-electron chi connectivity index (χ4n) is 1.47. The molecule has 0 unspecified atom stereocenters. The first-order valence-corrected chi connectivity index (χ1v) is 5.36. The van der Waals surface area contributed by atoms with Gasteiger partial charge in [-0.25, -0.2) is 4.63 Å². The molecule has 0 aliphatic heterocycles. The molecule has 9 heteroatoms. The molecular weight excluding hydrogens is 277 g/mol. The molecule has 0 fully saturated rings. The van der Waals surface area contributed by atoms with Gasteiger partial charge in [0.15, 0.2) is 0 Å². The molecule has 0 atom stereocenters. The Balaban J connectivity index is 2.30. The maximum atomic E-state index is 12.6. The number of anilines is 2. The highest BCUT2D eigenvalue weighted by molar-refractivity contribution is 6.05. The number of nitrogens with two attached hydrogens (primary N) is 1. The number of aromatic nitrogens is 2. The number of hydrogen-bond donors (Lipinski definition) is 2. The molecule has 1 aromatic heterocycles. The van der Waals surface area contributed by atoms with Crippen LogP contribution in [-0.2, 0) is 6.18 Å². The summed E-state index contributed by atoms with van der Waals surface area (Å²) in [5.41, 5.74) is 4.63. The molecule has 0 radical (unpaired) electrons. The number of aryl methyl sites for hydroxylation is 1. The van der Waals surface area contributed by atoms with Gasteiger partial charge in [0.2, 0.25) is 11.5 Å². The second-order valence-electron chi connectivity index (χ2n) is 3.98. The van der Waals surface area contributed by atoms with Crippen LogP contribution in [-0.4, -0.2) is 16.2 Å². The molecule has 2 rings (SSSR count). The SMILES string of the molecule is Cc1ccc(C(F)(F)F)cc1NC(=O)c1nonc1N. The largest absolute Gasteiger partial charge is 0.416 e. The van der Waals surface area contributed by atoms with Crippen LogP contribution < -0.4 is 11.1 Å². The third kappa shape index (κ3) is 2.71. The molecule has 1 aromatic carbocycles. The van der Waals surface area contributed by atoms with E-state index in [0.29, 0.717) is 5.56 Å². The third-order valence-corrected chi connectivity index (χ3v) is 2.54. The number of alkyl halides is 3. The zero-order valence-corrected chi connectivity index (χ0v) is 10.2. The minimum Gasteiger partial charge on any atom is -0.379 e. The predicted octanol–water partition coefficient (Wildman–Crippen LogP) is 2.23. The average molecular weight is 286 g/mol. The average Bonchev–Trinajstić information content (AvgIpc) is 2.77. The highest BCUT2D eigenvalue weighted by Crippen LogP contribution is 2.32. The van der Waals surface area contributed by atoms with Gasteiger partial charge in [-0.2, -0.15) is 13.2 Å². The molecule has 6 nitrogen and oxygen atoms in total. The molecule has 0 saturated heterocycles. The zero-order valence-electron chi connectivity index (χ0n) is 10.2. The molecule has 0 bridgehead atoms. The number of rotatable bonds is 2. The predicted molar refractivity (Wildman–Crippen MR) is 62.8 cm³/mol. The lowest BCUT2D eigenvalue weighted by Crippen LogP contribution is -2.16. The number of carbonyl (C=O) groups is 1. The highest BCUT2D eigenvalue weighted by Gasteiger charge is 2.31. The normalized spacial score (nSPS) is 11.4. The summed E-state index contributed by atoms with van der Waals surface area (Å²) in [7, 11) is 0. The van der Waals surface area contributed by atoms with Crippen LogP contribution >= 0.6 is 0 Å². The molecule has 106 valence electrons. The molecule has 0 aliphatic carbocycles. The Kier molecular flexibility index (Phi) is 3.35. The number of carbonyl (C=O) groups excluding carboxylic acids is 1. The van der Waals surface area contributed by atoms with Gasteiger partial charge in [0.25, 0.3) is 5.91 Å². The van der Waals surface area contributed by atoms with Gasteiger partial charge in [0, 0.05) is 5.69 Å². The summed E-state index contributed by atoms with van der Waals surface area (Å²) in [5, 5.41) is 8.76. The topological polar surface area (TPSA) is 94.0 Å². The Morgan fingerprint density at radius 2 is 2.05 bits per heavy atom. The van der Waals surface area contributed by atoms with Crippen molar-refractivity contribution in [3.63, 3.8) is 0 Å². The zero-order chi connectivity index (χ0) is 14.9. The second kappa shape index (κ2) is 4.83. The Bertz CT molecular complexity index is 651. The van der Waals surface area contributed by atoms with Crippen LogP contribution in [0.25, 0.3) is 0 Å². The summed E-state index contributed by atoms with van der Waals surface area (Å²) in [5.74, 6) is -1.04. The van der Waals surface area contributed by atoms with Crippen LogP contribution in [0, 0.1) is 6.92 Å². The standard InChI is InChI=1S/C11H9F3N4O2/c1-5-2-3-6(11(12,13)14)4-7(5)16-10(19)8-9(15)18-20-17-8/h2-4H,1H3,(H2,15,18)(H,16,19). The molecular formula is C11H9F3N4O2. The van der Waals surface area contributed by atoms with Crippen molar-refractivity contribution in [2.75, 3.05) is 11.1 Å². The van der Waals surface area contributed by atoms with Crippen molar-refractivity contribution >= 4 is 17.4 Å². The number of nitrogens with zero attached hydrogens (tertiary/aromatic N) is 2. The number of nitrogen functional groups attached to an aromatic ring is 1. The maximum Gasteiger partial charge on any atom is 0.416 e. The van der Waals surface area contributed by atoms with Gasteiger partial charge in [0.1, 0.15) is 0 Å². The number of halogens is 3. The van der Waals surface area contributed by atoms with E-state index in [2.05, 4.69) is 20.3 Å². The van der Waals surface area contributed by atoms with Crippen LogP contribution in [0.1, 0.15) is 21.6 Å². The van der Waals surface area contributed by atoms with E-state index in [0.717, 1.165) is 12.1 Å². The molecule has 0 saturated carbocycles. The third-order valence-electron chi connectivity index (χ3n) is 2.54. The van der Waals surface area contributed by atoms with E-state index in [-0.39, 0.29) is 17.2 Å². The second-order valence-corrected chi connectivity index (χ2v) is 3.98. The fraction of sp³-hybridized carbons (Fsp3) is 0.182. The molecule has 1 amide bonds. The van der Waals surface area contributed by atoms with Gasteiger partial charge in [-0.05, 0) is 34.9 Å². The van der Waals surface area contributed by atoms with E-state index in [9.17, 15) is 18.0 Å². The minimum absolute atomic E-state index is 0.00669. The molecule has 1 heterocycles. The Hall–Kier alpha value is -2.58. The van der Waals surface area contributed by atoms with Gasteiger partial charge < -0.3 is 11.1 Å². The van der Waals surface area contributed by atoms with Crippen molar-refractivity contribution in [2.45, 2.75) is 13.1 Å². The van der Waals surface area contributed by atoms with Crippen molar-refractivity contribution in [3.05, 3.63) is 35.0 Å². The lowest BCUT2D eigenvalue weighted by Gasteiger charge is -2.11. The number of hydrogen-bond acceptors (Lipinski definition) is 5. The number of amides is 1. The van der Waals surface area contributed by atoms with E-state index >= 15 is 0 Å². The first-order chi connectivity index (χ1) is 9.29. The lowest BCUT2D eigenvalue weighted by molar-refractivity contribution is -0.137. The van der Waals surface area contributed by atoms with Crippen LogP contribution in [0.5, 0.6) is 0 Å². The van der Waals surface area contributed by atoms with Gasteiger partial charge in [-0.3, -0.25) is 4.79 Å². The lowest BCUT2D eigenvalue weighted by atomic mass is 10.1. The first kappa shape index (κ1) is 13.8. The molecule has 3 N–H and O–H groups in total. The molecule has 20 heavy (non-hydrogen) atoms. The summed E-state index contributed by atoms with van der Waals surface area (Å²) >= 11 is 0. The minimum atomic E-state index is -4.50. The monoisotopic (exact) mass is 286 g/mol. The maximum absolute atomic E-state index is 12.6. The van der Waals surface area contributed by atoms with E-state index in [1.54, 1.807) is 6.92 Å². The molecule has 2 aromatic rings. The van der Waals surface area contributed by atoms with Gasteiger partial charge >= 0.3 is 6.18 Å². The fourth-order valence-corrected chi connectivity index (χ4v) is 1.47. The number of benzene rings is 1. The van der Waals surface area contributed by atoms with Crippen molar-refractivity contribution < 1.29 is 22.6 Å². The molecule has 0 spiro atoms. The van der Waals surface area contributed by atoms with E-state index in [1.807, 2.05) is 0 Å². The van der Waals surface area contributed by atoms with Gasteiger partial charge in [-0.1, -0.05) is 6.07 Å². The Morgan fingerprint density at radius 1 is 1.35 bits per heavy atom. The summed E-state index contributed by atoms with van der Waals surface area (Å²) in [6.07, 6.45) is -4.50. The van der Waals surface area contributed by atoms with Crippen LogP contribution in [0.2, 0.25) is 0 Å². The van der Waals surface area contributed by atoms with Crippen LogP contribution in [0.3, 0.4) is 0 Å².